The SMILES string of the molecule is CCC1CN(C(=NC)NCC(c2cccc(OC)c2)N(C)C)CCS1.I. The number of likely N-dealkylation sites (N-methyl/N-ethyl adjacent to an activating group) is 1. The molecule has 1 N–H and O–H groups in total. The van der Waals surface area contributed by atoms with E-state index >= 15 is 0 Å². The molecule has 0 spiro atoms. The van der Waals surface area contributed by atoms with Gasteiger partial charge in [-0.25, -0.2) is 0 Å². The van der Waals surface area contributed by atoms with Gasteiger partial charge in [-0.3, -0.25) is 4.99 Å². The average Bonchev–Trinajstić information content (AvgIpc) is 2.65. The molecule has 1 saturated heterocycles. The van der Waals surface area contributed by atoms with E-state index in [-0.39, 0.29) is 30.0 Å². The Morgan fingerprint density at radius 2 is 2.23 bits per heavy atom. The predicted molar refractivity (Wildman–Crippen MR) is 124 cm³/mol. The Labute approximate surface area is 180 Å². The maximum atomic E-state index is 5.38. The molecule has 2 atom stereocenters. The number of thioether (sulfide) groups is 1. The summed E-state index contributed by atoms with van der Waals surface area (Å²) in [6, 6.07) is 8.56. The lowest BCUT2D eigenvalue weighted by molar-refractivity contribution is 0.293. The summed E-state index contributed by atoms with van der Waals surface area (Å²) in [5.74, 6) is 3.08. The van der Waals surface area contributed by atoms with Crippen LogP contribution in [0.4, 0.5) is 0 Å². The van der Waals surface area contributed by atoms with Crippen LogP contribution >= 0.6 is 35.7 Å². The van der Waals surface area contributed by atoms with Crippen LogP contribution in [0.1, 0.15) is 24.9 Å². The fourth-order valence-electron chi connectivity index (χ4n) is 3.13. The molecule has 2 rings (SSSR count). The molecule has 26 heavy (non-hydrogen) atoms. The summed E-state index contributed by atoms with van der Waals surface area (Å²) >= 11 is 2.08. The maximum Gasteiger partial charge on any atom is 0.193 e. The van der Waals surface area contributed by atoms with Gasteiger partial charge >= 0.3 is 0 Å². The Morgan fingerprint density at radius 1 is 1.46 bits per heavy atom. The van der Waals surface area contributed by atoms with Crippen LogP contribution in [-0.2, 0) is 0 Å². The monoisotopic (exact) mass is 492 g/mol. The van der Waals surface area contributed by atoms with Gasteiger partial charge in [-0.15, -0.1) is 24.0 Å². The molecule has 0 aromatic heterocycles. The lowest BCUT2D eigenvalue weighted by atomic mass is 10.1. The number of guanidine groups is 1. The van der Waals surface area contributed by atoms with E-state index in [1.807, 2.05) is 19.2 Å². The third kappa shape index (κ3) is 6.49. The summed E-state index contributed by atoms with van der Waals surface area (Å²) < 4.78 is 5.38. The molecule has 1 aliphatic rings. The summed E-state index contributed by atoms with van der Waals surface area (Å²) in [5, 5.41) is 4.29. The normalized spacial score (nSPS) is 19.1. The van der Waals surface area contributed by atoms with Crippen molar-refractivity contribution in [3.8, 4) is 5.75 Å². The highest BCUT2D eigenvalue weighted by molar-refractivity contribution is 14.0. The van der Waals surface area contributed by atoms with Crippen LogP contribution in [0.2, 0.25) is 0 Å². The smallest absolute Gasteiger partial charge is 0.193 e. The van der Waals surface area contributed by atoms with E-state index in [1.54, 1.807) is 7.11 Å². The van der Waals surface area contributed by atoms with Gasteiger partial charge in [0.15, 0.2) is 5.96 Å². The molecule has 7 heteroatoms. The van der Waals surface area contributed by atoms with Crippen LogP contribution in [0.5, 0.6) is 5.75 Å². The Balaban J connectivity index is 0.00000338. The number of nitrogens with one attached hydrogen (secondary N) is 1. The number of ether oxygens (including phenoxy) is 1. The van der Waals surface area contributed by atoms with Crippen LogP contribution in [0, 0.1) is 0 Å². The number of aliphatic imine (C=N–C) groups is 1. The molecule has 0 saturated carbocycles. The van der Waals surface area contributed by atoms with Crippen molar-refractivity contribution in [2.24, 2.45) is 4.99 Å². The van der Waals surface area contributed by atoms with Crippen molar-refractivity contribution < 1.29 is 4.74 Å². The molecule has 1 aromatic carbocycles. The van der Waals surface area contributed by atoms with Gasteiger partial charge in [-0.05, 0) is 38.2 Å². The van der Waals surface area contributed by atoms with E-state index in [2.05, 4.69) is 65.0 Å². The summed E-state index contributed by atoms with van der Waals surface area (Å²) in [6.45, 7) is 5.22. The molecule has 0 bridgehead atoms. The van der Waals surface area contributed by atoms with E-state index in [0.29, 0.717) is 5.25 Å². The molecule has 1 aromatic rings. The zero-order valence-electron chi connectivity index (χ0n) is 16.6. The predicted octanol–water partition coefficient (Wildman–Crippen LogP) is 3.32. The standard InChI is InChI=1S/C19H32N4OS.HI/c1-6-17-14-23(10-11-25-17)19(20-2)21-13-18(22(3)4)15-8-7-9-16(12-15)24-5;/h7-9,12,17-18H,6,10-11,13-14H2,1-5H3,(H,20,21);1H. The minimum Gasteiger partial charge on any atom is -0.497 e. The lowest BCUT2D eigenvalue weighted by Crippen LogP contribution is -2.49. The zero-order chi connectivity index (χ0) is 18.2. The van der Waals surface area contributed by atoms with E-state index in [4.69, 9.17) is 4.74 Å². The molecule has 5 nitrogen and oxygen atoms in total. The third-order valence-electron chi connectivity index (χ3n) is 4.66. The molecule has 0 amide bonds. The van der Waals surface area contributed by atoms with Crippen molar-refractivity contribution in [1.82, 2.24) is 15.1 Å². The first-order valence-electron chi connectivity index (χ1n) is 8.96. The van der Waals surface area contributed by atoms with Crippen molar-refractivity contribution in [2.45, 2.75) is 24.6 Å². The molecule has 1 fully saturated rings. The largest absolute Gasteiger partial charge is 0.497 e. The van der Waals surface area contributed by atoms with E-state index < -0.39 is 0 Å². The highest BCUT2D eigenvalue weighted by Gasteiger charge is 2.22. The number of hydrogen-bond acceptors (Lipinski definition) is 4. The van der Waals surface area contributed by atoms with E-state index in [1.165, 1.54) is 17.7 Å². The first-order valence-corrected chi connectivity index (χ1v) is 10.0. The van der Waals surface area contributed by atoms with Gasteiger partial charge in [0.1, 0.15) is 5.75 Å². The van der Waals surface area contributed by atoms with Crippen LogP contribution in [0.15, 0.2) is 29.3 Å². The molecule has 1 aliphatic heterocycles. The quantitative estimate of drug-likeness (QED) is 0.375. The second-order valence-corrected chi connectivity index (χ2v) is 7.94. The molecule has 2 unspecified atom stereocenters. The van der Waals surface area contributed by atoms with Crippen molar-refractivity contribution in [2.75, 3.05) is 53.6 Å². The molecule has 1 heterocycles. The van der Waals surface area contributed by atoms with Gasteiger partial charge in [-0.1, -0.05) is 19.1 Å². The summed E-state index contributed by atoms with van der Waals surface area (Å²) in [5.41, 5.74) is 1.24. The minimum atomic E-state index is 0. The van der Waals surface area contributed by atoms with Crippen LogP contribution in [0.3, 0.4) is 0 Å². The number of halogens is 1. The number of hydrogen-bond donors (Lipinski definition) is 1. The molecule has 0 aliphatic carbocycles. The highest BCUT2D eigenvalue weighted by atomic mass is 127. The number of methoxy groups -OCH3 is 1. The van der Waals surface area contributed by atoms with Crippen molar-refractivity contribution in [1.29, 1.82) is 0 Å². The molecular formula is C19H33IN4OS. The first kappa shape index (κ1) is 23.4. The molecular weight excluding hydrogens is 459 g/mol. The summed E-state index contributed by atoms with van der Waals surface area (Å²) in [6.07, 6.45) is 1.21. The molecule has 0 radical (unpaired) electrons. The second-order valence-electron chi connectivity index (χ2n) is 6.53. The van der Waals surface area contributed by atoms with Gasteiger partial charge in [0.25, 0.3) is 0 Å². The Kier molecular flexibility index (Phi) is 10.7. The van der Waals surface area contributed by atoms with E-state index in [0.717, 1.165) is 31.3 Å². The Bertz CT molecular complexity index is 570. The van der Waals surface area contributed by atoms with Gasteiger partial charge in [0, 0.05) is 37.7 Å². The van der Waals surface area contributed by atoms with Crippen LogP contribution < -0.4 is 10.1 Å². The third-order valence-corrected chi connectivity index (χ3v) is 6.03. The zero-order valence-corrected chi connectivity index (χ0v) is 19.7. The minimum absolute atomic E-state index is 0. The molecule has 148 valence electrons. The Morgan fingerprint density at radius 3 is 2.85 bits per heavy atom. The van der Waals surface area contributed by atoms with Crippen molar-refractivity contribution >= 4 is 41.7 Å². The van der Waals surface area contributed by atoms with Gasteiger partial charge in [0.05, 0.1) is 13.2 Å². The second kappa shape index (κ2) is 11.9. The highest BCUT2D eigenvalue weighted by Crippen LogP contribution is 2.23. The summed E-state index contributed by atoms with van der Waals surface area (Å²) in [4.78, 5) is 9.14. The lowest BCUT2D eigenvalue weighted by Gasteiger charge is -2.35. The van der Waals surface area contributed by atoms with Crippen molar-refractivity contribution in [3.63, 3.8) is 0 Å². The van der Waals surface area contributed by atoms with Crippen LogP contribution in [0.25, 0.3) is 0 Å². The van der Waals surface area contributed by atoms with Crippen LogP contribution in [-0.4, -0.2) is 74.6 Å². The maximum absolute atomic E-state index is 5.38. The number of nitrogens with zero attached hydrogens (tertiary/aromatic N) is 3. The van der Waals surface area contributed by atoms with Crippen molar-refractivity contribution in [3.05, 3.63) is 29.8 Å². The first-order chi connectivity index (χ1) is 12.1. The fraction of sp³-hybridized carbons (Fsp3) is 0.632. The topological polar surface area (TPSA) is 40.1 Å². The average molecular weight is 492 g/mol. The van der Waals surface area contributed by atoms with Gasteiger partial charge in [-0.2, -0.15) is 11.8 Å². The van der Waals surface area contributed by atoms with E-state index in [9.17, 15) is 0 Å². The fourth-order valence-corrected chi connectivity index (χ4v) is 4.31. The number of rotatable bonds is 6. The number of benzene rings is 1. The van der Waals surface area contributed by atoms with Gasteiger partial charge in [0.2, 0.25) is 0 Å². The summed E-state index contributed by atoms with van der Waals surface area (Å²) in [7, 11) is 7.81. The Hall–Kier alpha value is -0.670. The van der Waals surface area contributed by atoms with Gasteiger partial charge < -0.3 is 19.9 Å².